The summed E-state index contributed by atoms with van der Waals surface area (Å²) < 4.78 is 10.1. The maximum Gasteiger partial charge on any atom is 0.149 e. The van der Waals surface area contributed by atoms with Gasteiger partial charge in [0.05, 0.1) is 0 Å². The van der Waals surface area contributed by atoms with Gasteiger partial charge in [-0.3, -0.25) is 0 Å². The third-order valence-corrected chi connectivity index (χ3v) is 2.63. The molecule has 0 aromatic rings. The van der Waals surface area contributed by atoms with Crippen LogP contribution in [0.2, 0.25) is 0 Å². The lowest BCUT2D eigenvalue weighted by Gasteiger charge is -2.26. The number of hydrogen-bond donors (Lipinski definition) is 0. The van der Waals surface area contributed by atoms with Crippen molar-refractivity contribution in [1.82, 2.24) is 0 Å². The first-order valence-corrected chi connectivity index (χ1v) is 4.94. The van der Waals surface area contributed by atoms with Gasteiger partial charge in [-0.25, -0.2) is 0 Å². The first kappa shape index (κ1) is 10.7. The highest BCUT2D eigenvalue weighted by Gasteiger charge is 2.23. The molecule has 13 heavy (non-hydrogen) atoms. The quantitative estimate of drug-likeness (QED) is 0.484. The molecule has 0 aliphatic heterocycles. The molecule has 0 N–H and O–H groups in total. The predicted octanol–water partition coefficient (Wildman–Crippen LogP) is 1.75. The van der Waals surface area contributed by atoms with E-state index in [1.54, 1.807) is 7.11 Å². The SMILES string of the molecule is COCO[C@H](C=O)C1CCCCC1. The molecule has 1 fully saturated rings. The Hall–Kier alpha value is -0.410. The minimum absolute atomic E-state index is 0.222. The molecule has 1 saturated carbocycles. The van der Waals surface area contributed by atoms with Crippen molar-refractivity contribution < 1.29 is 14.3 Å². The van der Waals surface area contributed by atoms with Crippen molar-refractivity contribution >= 4 is 6.29 Å². The lowest BCUT2D eigenvalue weighted by Crippen LogP contribution is -2.28. The number of ether oxygens (including phenoxy) is 2. The van der Waals surface area contributed by atoms with Crippen molar-refractivity contribution in [3.05, 3.63) is 0 Å². The van der Waals surface area contributed by atoms with E-state index in [4.69, 9.17) is 9.47 Å². The average Bonchev–Trinajstić information content (AvgIpc) is 2.21. The Balaban J connectivity index is 2.30. The van der Waals surface area contributed by atoms with Gasteiger partial charge in [-0.2, -0.15) is 0 Å². The Morgan fingerprint density at radius 2 is 2.08 bits per heavy atom. The van der Waals surface area contributed by atoms with Crippen LogP contribution in [0.3, 0.4) is 0 Å². The minimum Gasteiger partial charge on any atom is -0.359 e. The zero-order chi connectivity index (χ0) is 9.52. The molecular formula is C10H18O3. The first-order chi connectivity index (χ1) is 6.38. The molecule has 1 aliphatic carbocycles. The Bertz CT molecular complexity index is 141. The number of carbonyl (C=O) groups excluding carboxylic acids is 1. The van der Waals surface area contributed by atoms with Crippen LogP contribution < -0.4 is 0 Å². The van der Waals surface area contributed by atoms with E-state index in [1.165, 1.54) is 19.3 Å². The summed E-state index contributed by atoms with van der Waals surface area (Å²) in [5, 5.41) is 0. The second-order valence-corrected chi connectivity index (χ2v) is 3.57. The molecule has 3 heteroatoms. The van der Waals surface area contributed by atoms with E-state index in [0.717, 1.165) is 19.1 Å². The third-order valence-electron chi connectivity index (χ3n) is 2.63. The molecular weight excluding hydrogens is 168 g/mol. The van der Waals surface area contributed by atoms with Crippen LogP contribution in [0.15, 0.2) is 0 Å². The molecule has 1 atom stereocenters. The predicted molar refractivity (Wildman–Crippen MR) is 49.4 cm³/mol. The summed E-state index contributed by atoms with van der Waals surface area (Å²) in [4.78, 5) is 10.7. The van der Waals surface area contributed by atoms with Crippen LogP contribution in [0.4, 0.5) is 0 Å². The highest BCUT2D eigenvalue weighted by Crippen LogP contribution is 2.27. The number of aldehydes is 1. The maximum atomic E-state index is 10.7. The molecule has 0 bridgehead atoms. The smallest absolute Gasteiger partial charge is 0.149 e. The Labute approximate surface area is 79.4 Å². The van der Waals surface area contributed by atoms with Gasteiger partial charge in [0.2, 0.25) is 0 Å². The van der Waals surface area contributed by atoms with Crippen LogP contribution in [0.1, 0.15) is 32.1 Å². The molecule has 0 aromatic heterocycles. The van der Waals surface area contributed by atoms with E-state index in [1.807, 2.05) is 0 Å². The Morgan fingerprint density at radius 1 is 1.38 bits per heavy atom. The summed E-state index contributed by atoms with van der Waals surface area (Å²) in [5.74, 6) is 0.418. The molecule has 0 spiro atoms. The van der Waals surface area contributed by atoms with E-state index in [2.05, 4.69) is 0 Å². The Kier molecular flexibility index (Phi) is 5.01. The highest BCUT2D eigenvalue weighted by atomic mass is 16.7. The minimum atomic E-state index is -0.250. The normalized spacial score (nSPS) is 21.3. The summed E-state index contributed by atoms with van der Waals surface area (Å²) in [6.07, 6.45) is 6.65. The molecule has 0 saturated heterocycles. The van der Waals surface area contributed by atoms with E-state index < -0.39 is 0 Å². The van der Waals surface area contributed by atoms with Crippen molar-refractivity contribution in [1.29, 1.82) is 0 Å². The summed E-state index contributed by atoms with van der Waals surface area (Å²) in [5.41, 5.74) is 0. The molecule has 0 amide bonds. The van der Waals surface area contributed by atoms with Gasteiger partial charge in [-0.05, 0) is 18.8 Å². The molecule has 0 heterocycles. The number of carbonyl (C=O) groups is 1. The maximum absolute atomic E-state index is 10.7. The molecule has 0 aromatic carbocycles. The van der Waals surface area contributed by atoms with Gasteiger partial charge in [0, 0.05) is 7.11 Å². The highest BCUT2D eigenvalue weighted by molar-refractivity contribution is 5.56. The molecule has 1 aliphatic rings. The van der Waals surface area contributed by atoms with Gasteiger partial charge in [0.15, 0.2) is 0 Å². The topological polar surface area (TPSA) is 35.5 Å². The molecule has 0 unspecified atom stereocenters. The summed E-state index contributed by atoms with van der Waals surface area (Å²) >= 11 is 0. The fraction of sp³-hybridized carbons (Fsp3) is 0.900. The van der Waals surface area contributed by atoms with Crippen LogP contribution in [0.5, 0.6) is 0 Å². The van der Waals surface area contributed by atoms with Crippen molar-refractivity contribution in [2.45, 2.75) is 38.2 Å². The number of rotatable bonds is 5. The average molecular weight is 186 g/mol. The lowest BCUT2D eigenvalue weighted by atomic mass is 9.86. The van der Waals surface area contributed by atoms with Gasteiger partial charge < -0.3 is 14.3 Å². The van der Waals surface area contributed by atoms with Crippen molar-refractivity contribution in [3.63, 3.8) is 0 Å². The van der Waals surface area contributed by atoms with Gasteiger partial charge in [-0.1, -0.05) is 19.3 Å². The fourth-order valence-electron chi connectivity index (χ4n) is 1.90. The number of hydrogen-bond acceptors (Lipinski definition) is 3. The molecule has 3 nitrogen and oxygen atoms in total. The van der Waals surface area contributed by atoms with Crippen LogP contribution in [0, 0.1) is 5.92 Å². The van der Waals surface area contributed by atoms with Crippen LogP contribution in [0.25, 0.3) is 0 Å². The van der Waals surface area contributed by atoms with Crippen molar-refractivity contribution in [2.75, 3.05) is 13.9 Å². The second-order valence-electron chi connectivity index (χ2n) is 3.57. The summed E-state index contributed by atoms with van der Waals surface area (Å²) in [6.45, 7) is 0.222. The summed E-state index contributed by atoms with van der Waals surface area (Å²) in [7, 11) is 1.57. The van der Waals surface area contributed by atoms with Crippen molar-refractivity contribution in [3.8, 4) is 0 Å². The zero-order valence-electron chi connectivity index (χ0n) is 8.20. The lowest BCUT2D eigenvalue weighted by molar-refractivity contribution is -0.135. The second kappa shape index (κ2) is 6.11. The first-order valence-electron chi connectivity index (χ1n) is 4.94. The van der Waals surface area contributed by atoms with Gasteiger partial charge in [0.25, 0.3) is 0 Å². The molecule has 76 valence electrons. The van der Waals surface area contributed by atoms with Gasteiger partial charge >= 0.3 is 0 Å². The monoisotopic (exact) mass is 186 g/mol. The van der Waals surface area contributed by atoms with Crippen LogP contribution in [-0.2, 0) is 14.3 Å². The van der Waals surface area contributed by atoms with Gasteiger partial charge in [-0.15, -0.1) is 0 Å². The van der Waals surface area contributed by atoms with E-state index in [-0.39, 0.29) is 12.9 Å². The molecule has 0 radical (unpaired) electrons. The van der Waals surface area contributed by atoms with Crippen LogP contribution >= 0.6 is 0 Å². The standard InChI is InChI=1S/C10H18O3/c1-12-8-13-10(7-11)9-5-3-2-4-6-9/h7,9-10H,2-6,8H2,1H3/t10-/m1/s1. The largest absolute Gasteiger partial charge is 0.359 e. The van der Waals surface area contributed by atoms with Crippen molar-refractivity contribution in [2.24, 2.45) is 5.92 Å². The van der Waals surface area contributed by atoms with Crippen LogP contribution in [-0.4, -0.2) is 26.3 Å². The fourth-order valence-corrected chi connectivity index (χ4v) is 1.90. The van der Waals surface area contributed by atoms with E-state index in [9.17, 15) is 4.79 Å². The van der Waals surface area contributed by atoms with Gasteiger partial charge in [0.1, 0.15) is 19.2 Å². The Morgan fingerprint density at radius 3 is 2.62 bits per heavy atom. The number of methoxy groups -OCH3 is 1. The zero-order valence-corrected chi connectivity index (χ0v) is 8.20. The van der Waals surface area contributed by atoms with E-state index >= 15 is 0 Å². The molecule has 1 rings (SSSR count). The third kappa shape index (κ3) is 3.44. The summed E-state index contributed by atoms with van der Waals surface area (Å²) in [6, 6.07) is 0. The van der Waals surface area contributed by atoms with E-state index in [0.29, 0.717) is 5.92 Å².